The Hall–Kier alpha value is -0.570. The molecule has 0 unspecified atom stereocenters. The molecular formula is C11H20O3. The summed E-state index contributed by atoms with van der Waals surface area (Å²) in [6.07, 6.45) is 4.32. The second kappa shape index (κ2) is 4.78. The lowest BCUT2D eigenvalue weighted by atomic mass is 9.96. The van der Waals surface area contributed by atoms with Crippen LogP contribution >= 0.6 is 0 Å². The molecule has 14 heavy (non-hydrogen) atoms. The number of esters is 1. The van der Waals surface area contributed by atoms with E-state index in [9.17, 15) is 4.79 Å². The Morgan fingerprint density at radius 2 is 2.00 bits per heavy atom. The summed E-state index contributed by atoms with van der Waals surface area (Å²) >= 11 is 0. The Bertz CT molecular complexity index is 189. The maximum Gasteiger partial charge on any atom is 0.308 e. The van der Waals surface area contributed by atoms with Gasteiger partial charge in [0.2, 0.25) is 0 Å². The molecule has 3 nitrogen and oxygen atoms in total. The average Bonchev–Trinajstić information content (AvgIpc) is 1.90. The summed E-state index contributed by atoms with van der Waals surface area (Å²) in [4.78, 5) is 11.2. The van der Waals surface area contributed by atoms with Crippen molar-refractivity contribution in [1.82, 2.24) is 0 Å². The fourth-order valence-electron chi connectivity index (χ4n) is 1.24. The second-order valence-electron chi connectivity index (χ2n) is 4.76. The van der Waals surface area contributed by atoms with Crippen LogP contribution in [0.3, 0.4) is 0 Å². The lowest BCUT2D eigenvalue weighted by Crippen LogP contribution is -2.26. The predicted octanol–water partition coefficient (Wildman–Crippen LogP) is 2.29. The molecule has 82 valence electrons. The van der Waals surface area contributed by atoms with Crippen LogP contribution in [0.15, 0.2) is 0 Å². The molecule has 1 saturated carbocycles. The van der Waals surface area contributed by atoms with E-state index in [0.717, 1.165) is 12.8 Å². The fourth-order valence-corrected chi connectivity index (χ4v) is 1.24. The van der Waals surface area contributed by atoms with Crippen LogP contribution in [0, 0.1) is 0 Å². The van der Waals surface area contributed by atoms with Crippen molar-refractivity contribution in [3.8, 4) is 0 Å². The van der Waals surface area contributed by atoms with Crippen molar-refractivity contribution in [2.75, 3.05) is 6.61 Å². The first-order valence-corrected chi connectivity index (χ1v) is 5.31. The number of ether oxygens (including phenoxy) is 2. The highest BCUT2D eigenvalue weighted by molar-refractivity contribution is 5.69. The molecule has 3 heteroatoms. The zero-order valence-corrected chi connectivity index (χ0v) is 9.34. The maximum atomic E-state index is 11.2. The minimum Gasteiger partial charge on any atom is -0.460 e. The molecule has 1 aliphatic rings. The van der Waals surface area contributed by atoms with E-state index in [-0.39, 0.29) is 11.6 Å². The maximum absolute atomic E-state index is 11.2. The Morgan fingerprint density at radius 3 is 2.43 bits per heavy atom. The minimum atomic E-state index is -0.381. The number of carbonyl (C=O) groups excluding carboxylic acids is 1. The first-order chi connectivity index (χ1) is 6.47. The van der Waals surface area contributed by atoms with Crippen molar-refractivity contribution < 1.29 is 14.3 Å². The Labute approximate surface area is 85.8 Å². The van der Waals surface area contributed by atoms with Crippen molar-refractivity contribution >= 4 is 5.97 Å². The van der Waals surface area contributed by atoms with Gasteiger partial charge in [-0.2, -0.15) is 0 Å². The van der Waals surface area contributed by atoms with E-state index in [1.54, 1.807) is 0 Å². The van der Waals surface area contributed by atoms with Crippen LogP contribution in [0.25, 0.3) is 0 Å². The summed E-state index contributed by atoms with van der Waals surface area (Å²) in [7, 11) is 0. The molecule has 0 N–H and O–H groups in total. The van der Waals surface area contributed by atoms with Crippen LogP contribution in [0.1, 0.15) is 46.5 Å². The standard InChI is InChI=1S/C11H20O3/c1-11(2,3)14-10(12)7-8-13-9-5-4-6-9/h9H,4-8H2,1-3H3. The van der Waals surface area contributed by atoms with Crippen molar-refractivity contribution in [2.45, 2.75) is 58.2 Å². The van der Waals surface area contributed by atoms with Crippen LogP contribution in [0.5, 0.6) is 0 Å². The van der Waals surface area contributed by atoms with Crippen molar-refractivity contribution in [1.29, 1.82) is 0 Å². The van der Waals surface area contributed by atoms with Gasteiger partial charge < -0.3 is 9.47 Å². The minimum absolute atomic E-state index is 0.170. The number of carbonyl (C=O) groups is 1. The van der Waals surface area contributed by atoms with Crippen LogP contribution in [-0.4, -0.2) is 24.3 Å². The van der Waals surface area contributed by atoms with Crippen LogP contribution in [0.4, 0.5) is 0 Å². The molecule has 0 aromatic heterocycles. The lowest BCUT2D eigenvalue weighted by molar-refractivity contribution is -0.156. The summed E-state index contributed by atoms with van der Waals surface area (Å²) in [5.74, 6) is -0.170. The van der Waals surface area contributed by atoms with Gasteiger partial charge in [-0.15, -0.1) is 0 Å². The number of rotatable bonds is 4. The van der Waals surface area contributed by atoms with E-state index in [4.69, 9.17) is 9.47 Å². The SMILES string of the molecule is CC(C)(C)OC(=O)CCOC1CCC1. The molecule has 1 aliphatic carbocycles. The lowest BCUT2D eigenvalue weighted by Gasteiger charge is -2.25. The quantitative estimate of drug-likeness (QED) is 0.653. The smallest absolute Gasteiger partial charge is 0.308 e. The van der Waals surface area contributed by atoms with Gasteiger partial charge in [0.25, 0.3) is 0 Å². The molecule has 1 fully saturated rings. The molecular weight excluding hydrogens is 180 g/mol. The van der Waals surface area contributed by atoms with E-state index in [2.05, 4.69) is 0 Å². The molecule has 0 aromatic carbocycles. The third kappa shape index (κ3) is 4.61. The monoisotopic (exact) mass is 200 g/mol. The second-order valence-corrected chi connectivity index (χ2v) is 4.76. The zero-order chi connectivity index (χ0) is 10.6. The van der Waals surface area contributed by atoms with Crippen LogP contribution in [0.2, 0.25) is 0 Å². The third-order valence-electron chi connectivity index (χ3n) is 2.13. The van der Waals surface area contributed by atoms with Crippen molar-refractivity contribution in [3.63, 3.8) is 0 Å². The normalized spacial score (nSPS) is 17.6. The molecule has 0 atom stereocenters. The van der Waals surface area contributed by atoms with Gasteiger partial charge in [-0.05, 0) is 40.0 Å². The molecule has 0 heterocycles. The van der Waals surface area contributed by atoms with Gasteiger partial charge in [0.05, 0.1) is 19.1 Å². The Kier molecular flexibility index (Phi) is 3.93. The predicted molar refractivity (Wildman–Crippen MR) is 54.1 cm³/mol. The molecule has 0 saturated heterocycles. The molecule has 0 spiro atoms. The average molecular weight is 200 g/mol. The summed E-state index contributed by atoms with van der Waals surface area (Å²) in [5, 5.41) is 0. The first-order valence-electron chi connectivity index (χ1n) is 5.31. The van der Waals surface area contributed by atoms with E-state index < -0.39 is 0 Å². The fraction of sp³-hybridized carbons (Fsp3) is 0.909. The summed E-state index contributed by atoms with van der Waals surface area (Å²) in [6.45, 7) is 6.12. The van der Waals surface area contributed by atoms with Gasteiger partial charge in [0.15, 0.2) is 0 Å². The van der Waals surface area contributed by atoms with Gasteiger partial charge in [0, 0.05) is 0 Å². The largest absolute Gasteiger partial charge is 0.460 e. The van der Waals surface area contributed by atoms with Gasteiger partial charge in [-0.3, -0.25) is 4.79 Å². The molecule has 0 aromatic rings. The molecule has 0 radical (unpaired) electrons. The number of hydrogen-bond acceptors (Lipinski definition) is 3. The Balaban J connectivity index is 2.02. The summed E-state index contributed by atoms with van der Waals surface area (Å²) in [5.41, 5.74) is -0.381. The van der Waals surface area contributed by atoms with Crippen LogP contribution in [-0.2, 0) is 14.3 Å². The number of hydrogen-bond donors (Lipinski definition) is 0. The Morgan fingerprint density at radius 1 is 1.36 bits per heavy atom. The van der Waals surface area contributed by atoms with Crippen molar-refractivity contribution in [3.05, 3.63) is 0 Å². The molecule has 1 rings (SSSR count). The van der Waals surface area contributed by atoms with Crippen LogP contribution < -0.4 is 0 Å². The van der Waals surface area contributed by atoms with Gasteiger partial charge in [-0.25, -0.2) is 0 Å². The first kappa shape index (κ1) is 11.5. The zero-order valence-electron chi connectivity index (χ0n) is 9.34. The highest BCUT2D eigenvalue weighted by Gasteiger charge is 2.19. The van der Waals surface area contributed by atoms with Crippen molar-refractivity contribution in [2.24, 2.45) is 0 Å². The highest BCUT2D eigenvalue weighted by atomic mass is 16.6. The molecule has 0 bridgehead atoms. The topological polar surface area (TPSA) is 35.5 Å². The molecule has 0 aliphatic heterocycles. The van der Waals surface area contributed by atoms with Gasteiger partial charge >= 0.3 is 5.97 Å². The van der Waals surface area contributed by atoms with E-state index in [1.165, 1.54) is 6.42 Å². The summed E-state index contributed by atoms with van der Waals surface area (Å²) in [6, 6.07) is 0. The van der Waals surface area contributed by atoms with E-state index in [1.807, 2.05) is 20.8 Å². The van der Waals surface area contributed by atoms with E-state index >= 15 is 0 Å². The third-order valence-corrected chi connectivity index (χ3v) is 2.13. The van der Waals surface area contributed by atoms with E-state index in [0.29, 0.717) is 19.1 Å². The highest BCUT2D eigenvalue weighted by Crippen LogP contribution is 2.21. The van der Waals surface area contributed by atoms with Gasteiger partial charge in [0.1, 0.15) is 5.60 Å². The summed E-state index contributed by atoms with van der Waals surface area (Å²) < 4.78 is 10.6. The van der Waals surface area contributed by atoms with Gasteiger partial charge in [-0.1, -0.05) is 0 Å². The molecule has 0 amide bonds.